The van der Waals surface area contributed by atoms with Gasteiger partial charge in [-0.15, -0.1) is 0 Å². The number of benzene rings is 2. The van der Waals surface area contributed by atoms with Crippen molar-refractivity contribution < 1.29 is 19.1 Å². The Bertz CT molecular complexity index is 1070. The lowest BCUT2D eigenvalue weighted by Crippen LogP contribution is -2.19. The first kappa shape index (κ1) is 20.1. The highest BCUT2D eigenvalue weighted by Crippen LogP contribution is 2.22. The summed E-state index contributed by atoms with van der Waals surface area (Å²) >= 11 is 7.43. The number of halogens is 1. The summed E-state index contributed by atoms with van der Waals surface area (Å²) in [7, 11) is 1.35. The molecule has 0 atom stereocenters. The van der Waals surface area contributed by atoms with Gasteiger partial charge in [0.25, 0.3) is 5.91 Å². The van der Waals surface area contributed by atoms with Crippen molar-refractivity contribution in [3.63, 3.8) is 0 Å². The van der Waals surface area contributed by atoms with E-state index in [2.05, 4.69) is 4.99 Å². The molecule has 2 aromatic carbocycles. The molecule has 1 aromatic heterocycles. The number of thiazole rings is 1. The molecule has 3 aromatic rings. The van der Waals surface area contributed by atoms with Crippen LogP contribution < -0.4 is 9.54 Å². The largest absolute Gasteiger partial charge is 0.494 e. The molecule has 0 N–H and O–H groups in total. The molecule has 0 bridgehead atoms. The predicted octanol–water partition coefficient (Wildman–Crippen LogP) is 4.06. The Balaban J connectivity index is 1.99. The lowest BCUT2D eigenvalue weighted by atomic mass is 10.2. The number of carbonyl (C=O) groups is 2. The molecular weight excluding hydrogens is 400 g/mol. The van der Waals surface area contributed by atoms with Crippen LogP contribution in [0.15, 0.2) is 47.5 Å². The van der Waals surface area contributed by atoms with Gasteiger partial charge >= 0.3 is 5.97 Å². The predicted molar refractivity (Wildman–Crippen MR) is 109 cm³/mol. The topological polar surface area (TPSA) is 69.9 Å². The molecule has 8 heteroatoms. The molecule has 6 nitrogen and oxygen atoms in total. The normalized spacial score (nSPS) is 11.6. The summed E-state index contributed by atoms with van der Waals surface area (Å²) < 4.78 is 12.8. The average molecular weight is 419 g/mol. The average Bonchev–Trinajstić information content (AvgIpc) is 3.02. The number of methoxy groups -OCH3 is 1. The Labute approximate surface area is 171 Å². The summed E-state index contributed by atoms with van der Waals surface area (Å²) in [5.74, 6) is 0.000758. The van der Waals surface area contributed by atoms with Crippen LogP contribution in [0.3, 0.4) is 0 Å². The standard InChI is InChI=1S/C20H19ClN2O4S/c1-3-27-15-7-4-13(5-8-15)19(25)22-20-23(11-10-18(24)26-2)16-9-6-14(21)12-17(16)28-20/h4-9,12H,3,10-11H2,1-2H3. The summed E-state index contributed by atoms with van der Waals surface area (Å²) in [5, 5.41) is 0.596. The van der Waals surface area contributed by atoms with Crippen LogP contribution in [0.25, 0.3) is 10.2 Å². The van der Waals surface area contributed by atoms with Crippen LogP contribution in [0.4, 0.5) is 0 Å². The Kier molecular flexibility index (Phi) is 6.49. The van der Waals surface area contributed by atoms with Gasteiger partial charge in [0.15, 0.2) is 4.80 Å². The Morgan fingerprint density at radius 3 is 2.61 bits per heavy atom. The maximum Gasteiger partial charge on any atom is 0.307 e. The minimum atomic E-state index is -0.368. The first-order valence-corrected chi connectivity index (χ1v) is 9.89. The SMILES string of the molecule is CCOc1ccc(C(=O)N=c2sc3cc(Cl)ccc3n2CCC(=O)OC)cc1. The third kappa shape index (κ3) is 4.61. The van der Waals surface area contributed by atoms with E-state index in [-0.39, 0.29) is 18.3 Å². The molecule has 3 rings (SSSR count). The van der Waals surface area contributed by atoms with Crippen LogP contribution in [-0.2, 0) is 16.1 Å². The fourth-order valence-electron chi connectivity index (χ4n) is 2.67. The van der Waals surface area contributed by atoms with E-state index in [1.807, 2.05) is 23.6 Å². The number of carbonyl (C=O) groups excluding carboxylic acids is 2. The second kappa shape index (κ2) is 9.03. The molecule has 0 radical (unpaired) electrons. The maximum atomic E-state index is 12.6. The zero-order valence-electron chi connectivity index (χ0n) is 15.5. The third-order valence-electron chi connectivity index (χ3n) is 4.02. The number of amides is 1. The van der Waals surface area contributed by atoms with Crippen LogP contribution in [0, 0.1) is 0 Å². The Morgan fingerprint density at radius 1 is 1.18 bits per heavy atom. The summed E-state index contributed by atoms with van der Waals surface area (Å²) in [4.78, 5) is 29.0. The number of nitrogens with zero attached hydrogens (tertiary/aromatic N) is 2. The van der Waals surface area contributed by atoms with Gasteiger partial charge < -0.3 is 14.0 Å². The van der Waals surface area contributed by atoms with Crippen LogP contribution in [0.2, 0.25) is 5.02 Å². The van der Waals surface area contributed by atoms with Gasteiger partial charge in [-0.25, -0.2) is 0 Å². The molecule has 146 valence electrons. The first-order chi connectivity index (χ1) is 13.5. The van der Waals surface area contributed by atoms with E-state index in [4.69, 9.17) is 21.1 Å². The van der Waals surface area contributed by atoms with E-state index in [0.29, 0.717) is 34.3 Å². The molecule has 0 saturated carbocycles. The monoisotopic (exact) mass is 418 g/mol. The van der Waals surface area contributed by atoms with E-state index in [1.165, 1.54) is 18.4 Å². The van der Waals surface area contributed by atoms with Gasteiger partial charge in [0, 0.05) is 17.1 Å². The lowest BCUT2D eigenvalue weighted by Gasteiger charge is -2.05. The Morgan fingerprint density at radius 2 is 1.93 bits per heavy atom. The highest BCUT2D eigenvalue weighted by Gasteiger charge is 2.11. The van der Waals surface area contributed by atoms with E-state index < -0.39 is 0 Å². The van der Waals surface area contributed by atoms with E-state index >= 15 is 0 Å². The number of hydrogen-bond donors (Lipinski definition) is 0. The number of fused-ring (bicyclic) bond motifs is 1. The van der Waals surface area contributed by atoms with E-state index in [9.17, 15) is 9.59 Å². The van der Waals surface area contributed by atoms with Gasteiger partial charge in [-0.05, 0) is 49.4 Å². The molecule has 0 fully saturated rings. The van der Waals surface area contributed by atoms with Crippen LogP contribution in [0.1, 0.15) is 23.7 Å². The number of rotatable bonds is 6. The summed E-state index contributed by atoms with van der Waals surface area (Å²) in [6.07, 6.45) is 0.176. The zero-order valence-corrected chi connectivity index (χ0v) is 17.0. The maximum absolute atomic E-state index is 12.6. The van der Waals surface area contributed by atoms with Crippen molar-refractivity contribution in [2.24, 2.45) is 4.99 Å². The highest BCUT2D eigenvalue weighted by atomic mass is 35.5. The second-order valence-electron chi connectivity index (χ2n) is 5.85. The molecule has 0 aliphatic carbocycles. The van der Waals surface area contributed by atoms with Crippen molar-refractivity contribution in [2.75, 3.05) is 13.7 Å². The van der Waals surface area contributed by atoms with Crippen molar-refractivity contribution in [1.82, 2.24) is 4.57 Å². The molecule has 1 amide bonds. The lowest BCUT2D eigenvalue weighted by molar-refractivity contribution is -0.140. The number of aryl methyl sites for hydroxylation is 1. The van der Waals surface area contributed by atoms with Gasteiger partial charge in [-0.3, -0.25) is 9.59 Å². The molecule has 0 saturated heterocycles. The molecule has 0 spiro atoms. The number of esters is 1. The minimum Gasteiger partial charge on any atom is -0.494 e. The van der Waals surface area contributed by atoms with E-state index in [1.54, 1.807) is 30.3 Å². The summed E-state index contributed by atoms with van der Waals surface area (Å²) in [6, 6.07) is 12.3. The Hall–Kier alpha value is -2.64. The molecular formula is C20H19ClN2O4S. The van der Waals surface area contributed by atoms with Gasteiger partial charge in [-0.2, -0.15) is 4.99 Å². The second-order valence-corrected chi connectivity index (χ2v) is 7.29. The minimum absolute atomic E-state index is 0.176. The highest BCUT2D eigenvalue weighted by molar-refractivity contribution is 7.16. The summed E-state index contributed by atoms with van der Waals surface area (Å²) in [5.41, 5.74) is 1.31. The van der Waals surface area contributed by atoms with E-state index in [0.717, 1.165) is 10.2 Å². The fourth-order valence-corrected chi connectivity index (χ4v) is 4.00. The number of hydrogen-bond acceptors (Lipinski definition) is 5. The van der Waals surface area contributed by atoms with Crippen molar-refractivity contribution in [3.8, 4) is 5.75 Å². The molecule has 0 aliphatic rings. The van der Waals surface area contributed by atoms with Gasteiger partial charge in [-0.1, -0.05) is 22.9 Å². The third-order valence-corrected chi connectivity index (χ3v) is 5.30. The molecule has 0 aliphatic heterocycles. The number of aromatic nitrogens is 1. The zero-order chi connectivity index (χ0) is 20.1. The summed E-state index contributed by atoms with van der Waals surface area (Å²) in [6.45, 7) is 2.81. The van der Waals surface area contributed by atoms with Crippen LogP contribution in [-0.4, -0.2) is 30.2 Å². The molecule has 1 heterocycles. The van der Waals surface area contributed by atoms with Crippen LogP contribution in [0.5, 0.6) is 5.75 Å². The molecule has 0 unspecified atom stereocenters. The van der Waals surface area contributed by atoms with Crippen molar-refractivity contribution in [3.05, 3.63) is 57.9 Å². The van der Waals surface area contributed by atoms with Gasteiger partial charge in [0.2, 0.25) is 0 Å². The van der Waals surface area contributed by atoms with Crippen molar-refractivity contribution in [1.29, 1.82) is 0 Å². The van der Waals surface area contributed by atoms with Crippen LogP contribution >= 0.6 is 22.9 Å². The van der Waals surface area contributed by atoms with Gasteiger partial charge in [0.1, 0.15) is 5.75 Å². The smallest absolute Gasteiger partial charge is 0.307 e. The molecule has 28 heavy (non-hydrogen) atoms. The van der Waals surface area contributed by atoms with Crippen molar-refractivity contribution in [2.45, 2.75) is 19.9 Å². The number of ether oxygens (including phenoxy) is 2. The van der Waals surface area contributed by atoms with Crippen molar-refractivity contribution >= 4 is 45.0 Å². The first-order valence-electron chi connectivity index (χ1n) is 8.69. The quantitative estimate of drug-likeness (QED) is 0.566. The fraction of sp³-hybridized carbons (Fsp3) is 0.250. The van der Waals surface area contributed by atoms with Gasteiger partial charge in [0.05, 0.1) is 30.4 Å².